The van der Waals surface area contributed by atoms with Crippen molar-refractivity contribution < 1.29 is 18.0 Å². The molecule has 1 amide bonds. The summed E-state index contributed by atoms with van der Waals surface area (Å²) < 4.78 is 38.2. The molecule has 2 aromatic rings. The summed E-state index contributed by atoms with van der Waals surface area (Å²) in [5.41, 5.74) is 0.255. The van der Waals surface area contributed by atoms with Crippen LogP contribution in [-0.2, 0) is 12.7 Å². The summed E-state index contributed by atoms with van der Waals surface area (Å²) in [6.07, 6.45) is -1.32. The molecule has 0 unspecified atom stereocenters. The number of aliphatic imine (C=N–C) groups is 1. The minimum absolute atomic E-state index is 0. The Kier molecular flexibility index (Phi) is 9.69. The number of amides is 1. The normalized spacial score (nSPS) is 11.4. The van der Waals surface area contributed by atoms with Gasteiger partial charge in [-0.05, 0) is 29.8 Å². The molecule has 0 aliphatic rings. The Hall–Kier alpha value is -2.37. The number of guanidine groups is 1. The van der Waals surface area contributed by atoms with Gasteiger partial charge in [-0.2, -0.15) is 13.2 Å². The largest absolute Gasteiger partial charge is 0.416 e. The summed E-state index contributed by atoms with van der Waals surface area (Å²) in [5, 5.41) is 8.64. The second-order valence-corrected chi connectivity index (χ2v) is 5.55. The highest BCUT2D eigenvalue weighted by Crippen LogP contribution is 2.29. The lowest BCUT2D eigenvalue weighted by molar-refractivity contribution is -0.137. The SMILES string of the molecule is CN=C(NCCNC(=O)c1cccnc1)NCc1cccc(C(F)(F)F)c1.I. The zero-order valence-electron chi connectivity index (χ0n) is 15.1. The number of halogens is 4. The number of hydrogen-bond donors (Lipinski definition) is 3. The molecule has 0 saturated carbocycles. The topological polar surface area (TPSA) is 78.4 Å². The molecule has 6 nitrogen and oxygen atoms in total. The summed E-state index contributed by atoms with van der Waals surface area (Å²) in [7, 11) is 1.55. The summed E-state index contributed by atoms with van der Waals surface area (Å²) in [5.74, 6) is 0.180. The second-order valence-electron chi connectivity index (χ2n) is 5.55. The Bertz CT molecular complexity index is 784. The highest BCUT2D eigenvalue weighted by atomic mass is 127. The quantitative estimate of drug-likeness (QED) is 0.243. The maximum Gasteiger partial charge on any atom is 0.416 e. The fourth-order valence-electron chi connectivity index (χ4n) is 2.22. The average molecular weight is 507 g/mol. The average Bonchev–Trinajstić information content (AvgIpc) is 2.67. The lowest BCUT2D eigenvalue weighted by Crippen LogP contribution is -2.41. The predicted octanol–water partition coefficient (Wildman–Crippen LogP) is 2.81. The van der Waals surface area contributed by atoms with Crippen molar-refractivity contribution in [1.82, 2.24) is 20.9 Å². The molecule has 0 bridgehead atoms. The number of carbonyl (C=O) groups excluding carboxylic acids is 1. The van der Waals surface area contributed by atoms with Crippen LogP contribution in [0.2, 0.25) is 0 Å². The molecule has 2 rings (SSSR count). The first kappa shape index (κ1) is 23.7. The van der Waals surface area contributed by atoms with Gasteiger partial charge in [0.2, 0.25) is 0 Å². The molecular weight excluding hydrogens is 486 g/mol. The van der Waals surface area contributed by atoms with E-state index in [1.165, 1.54) is 12.3 Å². The third kappa shape index (κ3) is 7.71. The molecule has 0 aliphatic carbocycles. The number of rotatable bonds is 6. The van der Waals surface area contributed by atoms with Crippen molar-refractivity contribution in [3.63, 3.8) is 0 Å². The first-order valence-corrected chi connectivity index (χ1v) is 8.19. The van der Waals surface area contributed by atoms with Gasteiger partial charge in [0, 0.05) is 39.1 Å². The van der Waals surface area contributed by atoms with Crippen LogP contribution in [0.4, 0.5) is 13.2 Å². The standard InChI is InChI=1S/C18H20F3N5O.HI/c1-22-17(25-9-8-24-16(27)14-5-3-7-23-12-14)26-11-13-4-2-6-15(10-13)18(19,20)21;/h2-7,10,12H,8-9,11H2,1H3,(H,24,27)(H2,22,25,26);1H. The second kappa shape index (κ2) is 11.5. The van der Waals surface area contributed by atoms with Crippen LogP contribution in [-0.4, -0.2) is 37.0 Å². The number of nitrogens with zero attached hydrogens (tertiary/aromatic N) is 2. The van der Waals surface area contributed by atoms with E-state index < -0.39 is 11.7 Å². The van der Waals surface area contributed by atoms with E-state index in [1.54, 1.807) is 31.4 Å². The summed E-state index contributed by atoms with van der Waals surface area (Å²) in [6.45, 7) is 0.928. The fraction of sp³-hybridized carbons (Fsp3) is 0.278. The van der Waals surface area contributed by atoms with Crippen LogP contribution in [0, 0.1) is 0 Å². The number of hydrogen-bond acceptors (Lipinski definition) is 3. The Morgan fingerprint density at radius 3 is 2.50 bits per heavy atom. The van der Waals surface area contributed by atoms with Crippen molar-refractivity contribution in [3.8, 4) is 0 Å². The molecule has 1 aromatic carbocycles. The van der Waals surface area contributed by atoms with Crippen LogP contribution in [0.15, 0.2) is 53.8 Å². The van der Waals surface area contributed by atoms with Crippen molar-refractivity contribution in [2.45, 2.75) is 12.7 Å². The van der Waals surface area contributed by atoms with Crippen molar-refractivity contribution in [1.29, 1.82) is 0 Å². The van der Waals surface area contributed by atoms with E-state index in [0.717, 1.165) is 12.1 Å². The minimum Gasteiger partial charge on any atom is -0.355 e. The molecule has 0 saturated heterocycles. The lowest BCUT2D eigenvalue weighted by atomic mass is 10.1. The fourth-order valence-corrected chi connectivity index (χ4v) is 2.22. The van der Waals surface area contributed by atoms with Crippen LogP contribution in [0.3, 0.4) is 0 Å². The maximum atomic E-state index is 12.7. The molecule has 0 fully saturated rings. The maximum absolute atomic E-state index is 12.7. The molecule has 0 atom stereocenters. The molecule has 0 aliphatic heterocycles. The van der Waals surface area contributed by atoms with Gasteiger partial charge in [0.25, 0.3) is 5.91 Å². The van der Waals surface area contributed by atoms with E-state index in [4.69, 9.17) is 0 Å². The van der Waals surface area contributed by atoms with Gasteiger partial charge >= 0.3 is 6.18 Å². The van der Waals surface area contributed by atoms with Crippen LogP contribution in [0.25, 0.3) is 0 Å². The smallest absolute Gasteiger partial charge is 0.355 e. The van der Waals surface area contributed by atoms with Crippen molar-refractivity contribution in [2.24, 2.45) is 4.99 Å². The predicted molar refractivity (Wildman–Crippen MR) is 112 cm³/mol. The van der Waals surface area contributed by atoms with Gasteiger partial charge in [-0.15, -0.1) is 24.0 Å². The molecular formula is C18H21F3IN5O. The number of aromatic nitrogens is 1. The third-order valence-corrected chi connectivity index (χ3v) is 3.56. The van der Waals surface area contributed by atoms with E-state index in [1.807, 2.05) is 0 Å². The van der Waals surface area contributed by atoms with Gasteiger partial charge in [-0.3, -0.25) is 14.8 Å². The van der Waals surface area contributed by atoms with E-state index in [9.17, 15) is 18.0 Å². The van der Waals surface area contributed by atoms with Gasteiger partial charge in [-0.25, -0.2) is 0 Å². The van der Waals surface area contributed by atoms with E-state index in [0.29, 0.717) is 30.2 Å². The van der Waals surface area contributed by atoms with Crippen LogP contribution >= 0.6 is 24.0 Å². The number of alkyl halides is 3. The number of benzene rings is 1. The van der Waals surface area contributed by atoms with E-state index >= 15 is 0 Å². The zero-order chi connectivity index (χ0) is 19.7. The van der Waals surface area contributed by atoms with Crippen LogP contribution in [0.5, 0.6) is 0 Å². The molecule has 1 aromatic heterocycles. The van der Waals surface area contributed by atoms with Crippen molar-refractivity contribution in [3.05, 3.63) is 65.5 Å². The number of nitrogens with one attached hydrogen (secondary N) is 3. The summed E-state index contributed by atoms with van der Waals surface area (Å²) in [6, 6.07) is 8.42. The monoisotopic (exact) mass is 507 g/mol. The molecule has 0 spiro atoms. The van der Waals surface area contributed by atoms with Gasteiger partial charge < -0.3 is 16.0 Å². The highest BCUT2D eigenvalue weighted by molar-refractivity contribution is 14.0. The molecule has 0 radical (unpaired) electrons. The van der Waals surface area contributed by atoms with Gasteiger partial charge in [-0.1, -0.05) is 12.1 Å². The highest BCUT2D eigenvalue weighted by Gasteiger charge is 2.30. The van der Waals surface area contributed by atoms with E-state index in [2.05, 4.69) is 25.9 Å². The molecule has 10 heteroatoms. The summed E-state index contributed by atoms with van der Waals surface area (Å²) in [4.78, 5) is 19.7. The zero-order valence-corrected chi connectivity index (χ0v) is 17.4. The van der Waals surface area contributed by atoms with Crippen LogP contribution in [0.1, 0.15) is 21.5 Å². The first-order valence-electron chi connectivity index (χ1n) is 8.19. The number of pyridine rings is 1. The first-order chi connectivity index (χ1) is 12.9. The Balaban J connectivity index is 0.00000392. The Morgan fingerprint density at radius 1 is 1.11 bits per heavy atom. The van der Waals surface area contributed by atoms with Gasteiger partial charge in [0.05, 0.1) is 11.1 Å². The molecule has 3 N–H and O–H groups in total. The van der Waals surface area contributed by atoms with Crippen molar-refractivity contribution in [2.75, 3.05) is 20.1 Å². The van der Waals surface area contributed by atoms with E-state index in [-0.39, 0.29) is 36.4 Å². The Morgan fingerprint density at radius 2 is 1.86 bits per heavy atom. The Labute approximate surface area is 178 Å². The van der Waals surface area contributed by atoms with Crippen molar-refractivity contribution >= 4 is 35.8 Å². The van der Waals surface area contributed by atoms with Crippen LogP contribution < -0.4 is 16.0 Å². The minimum atomic E-state index is -4.37. The number of carbonyl (C=O) groups is 1. The summed E-state index contributed by atoms with van der Waals surface area (Å²) >= 11 is 0. The third-order valence-electron chi connectivity index (χ3n) is 3.56. The van der Waals surface area contributed by atoms with Gasteiger partial charge in [0.1, 0.15) is 0 Å². The van der Waals surface area contributed by atoms with Gasteiger partial charge in [0.15, 0.2) is 5.96 Å². The molecule has 28 heavy (non-hydrogen) atoms. The lowest BCUT2D eigenvalue weighted by Gasteiger charge is -2.13. The molecule has 152 valence electrons. The molecule has 1 heterocycles.